The van der Waals surface area contributed by atoms with Gasteiger partial charge in [0.2, 0.25) is 0 Å². The van der Waals surface area contributed by atoms with E-state index in [-0.39, 0.29) is 24.0 Å². The molecule has 0 saturated heterocycles. The molecule has 1 aromatic heterocycles. The highest BCUT2D eigenvalue weighted by Crippen LogP contribution is 2.25. The van der Waals surface area contributed by atoms with Crippen molar-refractivity contribution in [3.05, 3.63) is 65.5 Å². The summed E-state index contributed by atoms with van der Waals surface area (Å²) in [6.45, 7) is 0.277. The molecule has 0 aliphatic carbocycles. The second-order valence-electron chi connectivity index (χ2n) is 6.51. The molecular formula is C22H23N5O4. The largest absolute Gasteiger partial charge is 0.497 e. The average molecular weight is 421 g/mol. The number of carbonyl (C=O) groups excluding carboxylic acids is 2. The Balaban J connectivity index is 1.79. The van der Waals surface area contributed by atoms with Gasteiger partial charge in [0.25, 0.3) is 11.8 Å². The van der Waals surface area contributed by atoms with Gasteiger partial charge in [0, 0.05) is 36.3 Å². The smallest absolute Gasteiger partial charge is 0.273 e. The molecule has 0 spiro atoms. The standard InChI is InChI=1S/C22H23N5O4/c1-24-22(29)19-20(23)25-12-17(27-19)13-5-4-6-14(9-13)21(28)26-11-15-7-8-16(30-2)10-18(15)31-3/h4-10,12H,11H2,1-3H3,(H2,23,25)(H,24,29)(H,26,28). The quantitative estimate of drug-likeness (QED) is 0.532. The van der Waals surface area contributed by atoms with E-state index in [4.69, 9.17) is 15.2 Å². The number of ether oxygens (including phenoxy) is 2. The maximum absolute atomic E-state index is 12.7. The number of hydrogen-bond acceptors (Lipinski definition) is 7. The van der Waals surface area contributed by atoms with Gasteiger partial charge in [-0.2, -0.15) is 0 Å². The van der Waals surface area contributed by atoms with Crippen LogP contribution >= 0.6 is 0 Å². The average Bonchev–Trinajstić information content (AvgIpc) is 2.82. The Morgan fingerprint density at radius 1 is 1.06 bits per heavy atom. The molecule has 3 rings (SSSR count). The lowest BCUT2D eigenvalue weighted by molar-refractivity contribution is 0.0945. The van der Waals surface area contributed by atoms with Crippen LogP contribution in [-0.4, -0.2) is 43.0 Å². The Kier molecular flexibility index (Phi) is 6.66. The summed E-state index contributed by atoms with van der Waals surface area (Å²) >= 11 is 0. The fourth-order valence-electron chi connectivity index (χ4n) is 2.92. The van der Waals surface area contributed by atoms with Crippen LogP contribution in [0.25, 0.3) is 11.3 Å². The number of anilines is 1. The summed E-state index contributed by atoms with van der Waals surface area (Å²) in [5, 5.41) is 5.35. The van der Waals surface area contributed by atoms with Crippen molar-refractivity contribution in [1.82, 2.24) is 20.6 Å². The molecule has 4 N–H and O–H groups in total. The minimum absolute atomic E-state index is 0.0291. The van der Waals surface area contributed by atoms with E-state index < -0.39 is 5.91 Å². The SMILES string of the molecule is CNC(=O)c1nc(-c2cccc(C(=O)NCc3ccc(OC)cc3OC)c2)cnc1N. The van der Waals surface area contributed by atoms with E-state index in [1.165, 1.54) is 13.2 Å². The Labute approximate surface area is 179 Å². The lowest BCUT2D eigenvalue weighted by Gasteiger charge is -2.12. The van der Waals surface area contributed by atoms with Crippen LogP contribution in [0, 0.1) is 0 Å². The number of aromatic nitrogens is 2. The number of methoxy groups -OCH3 is 2. The van der Waals surface area contributed by atoms with Crippen LogP contribution in [0.1, 0.15) is 26.4 Å². The molecule has 0 radical (unpaired) electrons. The first kappa shape index (κ1) is 21.6. The number of amides is 2. The third-order valence-electron chi connectivity index (χ3n) is 4.60. The number of hydrogen-bond donors (Lipinski definition) is 3. The maximum atomic E-state index is 12.7. The Morgan fingerprint density at radius 3 is 2.58 bits per heavy atom. The number of benzene rings is 2. The molecule has 9 nitrogen and oxygen atoms in total. The summed E-state index contributed by atoms with van der Waals surface area (Å²) in [7, 11) is 4.62. The van der Waals surface area contributed by atoms with Crippen molar-refractivity contribution in [3.8, 4) is 22.8 Å². The van der Waals surface area contributed by atoms with Gasteiger partial charge in [-0.15, -0.1) is 0 Å². The van der Waals surface area contributed by atoms with Gasteiger partial charge < -0.3 is 25.8 Å². The van der Waals surface area contributed by atoms with E-state index in [0.717, 1.165) is 5.56 Å². The van der Waals surface area contributed by atoms with E-state index in [1.807, 2.05) is 6.07 Å². The topological polar surface area (TPSA) is 128 Å². The van der Waals surface area contributed by atoms with Crippen molar-refractivity contribution in [2.45, 2.75) is 6.54 Å². The van der Waals surface area contributed by atoms with E-state index in [1.54, 1.807) is 50.6 Å². The summed E-state index contributed by atoms with van der Waals surface area (Å²) in [4.78, 5) is 33.0. The van der Waals surface area contributed by atoms with Crippen LogP contribution in [0.3, 0.4) is 0 Å². The summed E-state index contributed by atoms with van der Waals surface area (Å²) < 4.78 is 10.6. The number of carbonyl (C=O) groups is 2. The maximum Gasteiger partial charge on any atom is 0.273 e. The highest BCUT2D eigenvalue weighted by molar-refractivity contribution is 5.97. The molecule has 0 fully saturated rings. The summed E-state index contributed by atoms with van der Waals surface area (Å²) in [6.07, 6.45) is 1.46. The van der Waals surface area contributed by atoms with Crippen molar-refractivity contribution in [3.63, 3.8) is 0 Å². The van der Waals surface area contributed by atoms with Crippen molar-refractivity contribution >= 4 is 17.6 Å². The van der Waals surface area contributed by atoms with Gasteiger partial charge in [-0.25, -0.2) is 9.97 Å². The molecule has 0 aliphatic heterocycles. The lowest BCUT2D eigenvalue weighted by Crippen LogP contribution is -2.23. The van der Waals surface area contributed by atoms with Gasteiger partial charge in [0.1, 0.15) is 11.5 Å². The molecule has 9 heteroatoms. The number of nitrogens with two attached hydrogens (primary N) is 1. The van der Waals surface area contributed by atoms with Crippen LogP contribution in [0.4, 0.5) is 5.82 Å². The molecule has 1 heterocycles. The third kappa shape index (κ3) is 4.89. The first-order valence-corrected chi connectivity index (χ1v) is 9.41. The molecule has 0 saturated carbocycles. The fourth-order valence-corrected chi connectivity index (χ4v) is 2.92. The van der Waals surface area contributed by atoms with Crippen molar-refractivity contribution < 1.29 is 19.1 Å². The molecule has 160 valence electrons. The zero-order valence-electron chi connectivity index (χ0n) is 17.4. The van der Waals surface area contributed by atoms with Gasteiger partial charge in [-0.3, -0.25) is 9.59 Å². The van der Waals surface area contributed by atoms with Crippen LogP contribution in [0.15, 0.2) is 48.7 Å². The van der Waals surface area contributed by atoms with Gasteiger partial charge in [-0.1, -0.05) is 12.1 Å². The molecule has 31 heavy (non-hydrogen) atoms. The zero-order chi connectivity index (χ0) is 22.4. The van der Waals surface area contributed by atoms with Crippen LogP contribution in [-0.2, 0) is 6.54 Å². The highest BCUT2D eigenvalue weighted by Gasteiger charge is 2.15. The van der Waals surface area contributed by atoms with Gasteiger partial charge >= 0.3 is 0 Å². The van der Waals surface area contributed by atoms with Crippen molar-refractivity contribution in [1.29, 1.82) is 0 Å². The van der Waals surface area contributed by atoms with E-state index in [9.17, 15) is 9.59 Å². The van der Waals surface area contributed by atoms with Gasteiger partial charge in [-0.05, 0) is 24.3 Å². The van der Waals surface area contributed by atoms with E-state index in [2.05, 4.69) is 20.6 Å². The van der Waals surface area contributed by atoms with Crippen LogP contribution in [0.5, 0.6) is 11.5 Å². The number of nitrogens with zero attached hydrogens (tertiary/aromatic N) is 2. The second-order valence-corrected chi connectivity index (χ2v) is 6.51. The molecule has 3 aromatic rings. The van der Waals surface area contributed by atoms with Crippen molar-refractivity contribution in [2.75, 3.05) is 27.0 Å². The Hall–Kier alpha value is -4.14. The zero-order valence-corrected chi connectivity index (χ0v) is 17.4. The highest BCUT2D eigenvalue weighted by atomic mass is 16.5. The fraction of sp³-hybridized carbons (Fsp3) is 0.182. The van der Waals surface area contributed by atoms with E-state index >= 15 is 0 Å². The Morgan fingerprint density at radius 2 is 1.87 bits per heavy atom. The number of rotatable bonds is 7. The molecule has 0 atom stereocenters. The number of nitrogens with one attached hydrogen (secondary N) is 2. The first-order valence-electron chi connectivity index (χ1n) is 9.41. The minimum Gasteiger partial charge on any atom is -0.497 e. The molecular weight excluding hydrogens is 398 g/mol. The summed E-state index contributed by atoms with van der Waals surface area (Å²) in [5.41, 5.74) is 8.08. The first-order chi connectivity index (χ1) is 15.0. The normalized spacial score (nSPS) is 10.3. The predicted octanol–water partition coefficient (Wildman–Crippen LogP) is 2.03. The van der Waals surface area contributed by atoms with Crippen LogP contribution < -0.4 is 25.8 Å². The molecule has 0 aliphatic rings. The minimum atomic E-state index is -0.436. The van der Waals surface area contributed by atoms with E-state index in [0.29, 0.717) is 28.3 Å². The summed E-state index contributed by atoms with van der Waals surface area (Å²) in [6, 6.07) is 12.3. The monoisotopic (exact) mass is 421 g/mol. The summed E-state index contributed by atoms with van der Waals surface area (Å²) in [5.74, 6) is 0.613. The van der Waals surface area contributed by atoms with Gasteiger partial charge in [0.15, 0.2) is 11.5 Å². The van der Waals surface area contributed by atoms with Crippen molar-refractivity contribution in [2.24, 2.45) is 0 Å². The second kappa shape index (κ2) is 9.57. The lowest BCUT2D eigenvalue weighted by atomic mass is 10.1. The number of nitrogen functional groups attached to an aromatic ring is 1. The molecule has 2 aromatic carbocycles. The molecule has 0 bridgehead atoms. The third-order valence-corrected chi connectivity index (χ3v) is 4.60. The van der Waals surface area contributed by atoms with Gasteiger partial charge in [0.05, 0.1) is 26.1 Å². The molecule has 0 unspecified atom stereocenters. The van der Waals surface area contributed by atoms with Crippen LogP contribution in [0.2, 0.25) is 0 Å². The predicted molar refractivity (Wildman–Crippen MR) is 116 cm³/mol. The Bertz CT molecular complexity index is 1120. The molecule has 2 amide bonds.